The Kier molecular flexibility index (Phi) is 5.54. The van der Waals surface area contributed by atoms with Crippen LogP contribution in [0.2, 0.25) is 0 Å². The fraction of sp³-hybridized carbons (Fsp3) is 0.0417. The quantitative estimate of drug-likeness (QED) is 0.502. The van der Waals surface area contributed by atoms with Crippen LogP contribution in [0.1, 0.15) is 27.0 Å². The number of rotatable bonds is 4. The number of hydrogen-bond acceptors (Lipinski definition) is 6. The fourth-order valence-corrected chi connectivity index (χ4v) is 3.38. The van der Waals surface area contributed by atoms with Crippen molar-refractivity contribution in [3.8, 4) is 17.9 Å². The number of nitrogens with zero attached hydrogens (tertiary/aromatic N) is 4. The third-order valence-corrected chi connectivity index (χ3v) is 5.03. The number of nitrogens with one attached hydrogen (secondary N) is 1. The maximum atomic E-state index is 13.9. The van der Waals surface area contributed by atoms with Gasteiger partial charge in [0, 0.05) is 5.56 Å². The highest BCUT2D eigenvalue weighted by Gasteiger charge is 2.17. The van der Waals surface area contributed by atoms with Crippen molar-refractivity contribution < 1.29 is 14.3 Å². The first-order valence-electron chi connectivity index (χ1n) is 9.63. The number of carbonyl (C=O) groups is 1. The molecule has 0 aliphatic heterocycles. The number of aromatic nitrogens is 2. The summed E-state index contributed by atoms with van der Waals surface area (Å²) in [6.07, 6.45) is 1.36. The Balaban J connectivity index is 1.75. The standard InChI is InChI=1S/C24H14FN5O3/c25-18-9-16(8-17(11-27)22(18)31)23(32)29-20-7-3-6-19-21(20)24(33)30(13-28-19)12-15-5-2-1-4-14(15)10-26/h1-9,13,31H,12H2,(H,29,32). The molecule has 9 heteroatoms. The number of anilines is 1. The summed E-state index contributed by atoms with van der Waals surface area (Å²) < 4.78 is 15.2. The van der Waals surface area contributed by atoms with E-state index in [1.165, 1.54) is 17.0 Å². The normalized spacial score (nSPS) is 10.4. The van der Waals surface area contributed by atoms with Crippen LogP contribution >= 0.6 is 0 Å². The van der Waals surface area contributed by atoms with Gasteiger partial charge in [-0.2, -0.15) is 10.5 Å². The lowest BCUT2D eigenvalue weighted by atomic mass is 10.1. The number of halogens is 1. The van der Waals surface area contributed by atoms with Crippen molar-refractivity contribution in [2.75, 3.05) is 5.32 Å². The van der Waals surface area contributed by atoms with Crippen LogP contribution in [0.15, 0.2) is 65.7 Å². The average Bonchev–Trinajstić information content (AvgIpc) is 2.82. The Hall–Kier alpha value is -5.02. The third-order valence-electron chi connectivity index (χ3n) is 5.03. The lowest BCUT2D eigenvalue weighted by molar-refractivity contribution is 0.102. The van der Waals surface area contributed by atoms with Crippen LogP contribution in [0.3, 0.4) is 0 Å². The molecule has 3 aromatic carbocycles. The summed E-state index contributed by atoms with van der Waals surface area (Å²) in [6.45, 7) is 0.0997. The van der Waals surface area contributed by atoms with Crippen LogP contribution in [-0.4, -0.2) is 20.6 Å². The maximum Gasteiger partial charge on any atom is 0.263 e. The van der Waals surface area contributed by atoms with Crippen molar-refractivity contribution in [1.82, 2.24) is 9.55 Å². The van der Waals surface area contributed by atoms with Crippen molar-refractivity contribution in [1.29, 1.82) is 10.5 Å². The van der Waals surface area contributed by atoms with E-state index in [9.17, 15) is 24.3 Å². The van der Waals surface area contributed by atoms with Gasteiger partial charge in [-0.3, -0.25) is 14.2 Å². The Morgan fingerprint density at radius 1 is 1.09 bits per heavy atom. The van der Waals surface area contributed by atoms with E-state index in [0.717, 1.165) is 12.1 Å². The number of carbonyl (C=O) groups excluding carboxylic acids is 1. The van der Waals surface area contributed by atoms with Crippen LogP contribution in [0, 0.1) is 28.5 Å². The van der Waals surface area contributed by atoms with E-state index in [-0.39, 0.29) is 23.2 Å². The molecule has 0 aliphatic rings. The summed E-state index contributed by atoms with van der Waals surface area (Å²) in [6, 6.07) is 17.1. The maximum absolute atomic E-state index is 13.9. The van der Waals surface area contributed by atoms with E-state index in [1.54, 1.807) is 42.5 Å². The molecule has 1 aromatic heterocycles. The van der Waals surface area contributed by atoms with Gasteiger partial charge >= 0.3 is 0 Å². The van der Waals surface area contributed by atoms with Gasteiger partial charge in [0.2, 0.25) is 0 Å². The van der Waals surface area contributed by atoms with Gasteiger partial charge in [0.25, 0.3) is 11.5 Å². The number of fused-ring (bicyclic) bond motifs is 1. The first-order valence-corrected chi connectivity index (χ1v) is 9.63. The van der Waals surface area contributed by atoms with Crippen molar-refractivity contribution in [3.63, 3.8) is 0 Å². The zero-order valence-electron chi connectivity index (χ0n) is 16.9. The number of hydrogen-bond donors (Lipinski definition) is 2. The second-order valence-corrected chi connectivity index (χ2v) is 7.07. The number of nitriles is 2. The predicted molar refractivity (Wildman–Crippen MR) is 117 cm³/mol. The van der Waals surface area contributed by atoms with Crippen LogP contribution in [-0.2, 0) is 6.54 Å². The first-order chi connectivity index (χ1) is 15.9. The molecule has 0 fully saturated rings. The molecule has 160 valence electrons. The Labute approximate surface area is 186 Å². The highest BCUT2D eigenvalue weighted by atomic mass is 19.1. The molecule has 0 saturated carbocycles. The number of amides is 1. The third kappa shape index (κ3) is 3.99. The monoisotopic (exact) mass is 439 g/mol. The molecule has 0 spiro atoms. The van der Waals surface area contributed by atoms with E-state index < -0.39 is 28.6 Å². The fourth-order valence-electron chi connectivity index (χ4n) is 3.38. The van der Waals surface area contributed by atoms with Gasteiger partial charge in [-0.15, -0.1) is 0 Å². The van der Waals surface area contributed by atoms with Gasteiger partial charge < -0.3 is 10.4 Å². The van der Waals surface area contributed by atoms with E-state index in [2.05, 4.69) is 16.4 Å². The molecule has 0 aliphatic carbocycles. The van der Waals surface area contributed by atoms with E-state index in [4.69, 9.17) is 5.26 Å². The van der Waals surface area contributed by atoms with E-state index in [0.29, 0.717) is 16.6 Å². The summed E-state index contributed by atoms with van der Waals surface area (Å²) in [4.78, 5) is 30.2. The van der Waals surface area contributed by atoms with Gasteiger partial charge in [0.05, 0.1) is 46.7 Å². The molecule has 0 unspecified atom stereocenters. The average molecular weight is 439 g/mol. The molecule has 4 rings (SSSR count). The topological polar surface area (TPSA) is 132 Å². The summed E-state index contributed by atoms with van der Waals surface area (Å²) in [7, 11) is 0. The summed E-state index contributed by atoms with van der Waals surface area (Å²) in [5.74, 6) is -2.73. The largest absolute Gasteiger partial charge is 0.504 e. The van der Waals surface area contributed by atoms with Crippen molar-refractivity contribution >= 4 is 22.5 Å². The highest BCUT2D eigenvalue weighted by Crippen LogP contribution is 2.24. The SMILES string of the molecule is N#Cc1ccccc1Cn1cnc2cccc(NC(=O)c3cc(F)c(O)c(C#N)c3)c2c1=O. The molecular weight excluding hydrogens is 425 g/mol. The van der Waals surface area contributed by atoms with Crippen molar-refractivity contribution in [2.24, 2.45) is 0 Å². The predicted octanol–water partition coefficient (Wildman–Crippen LogP) is 3.29. The second-order valence-electron chi connectivity index (χ2n) is 7.07. The molecule has 4 aromatic rings. The minimum Gasteiger partial charge on any atom is -0.504 e. The Morgan fingerprint density at radius 2 is 1.85 bits per heavy atom. The van der Waals surface area contributed by atoms with Gasteiger partial charge in [0.15, 0.2) is 11.6 Å². The van der Waals surface area contributed by atoms with E-state index in [1.807, 2.05) is 0 Å². The number of benzene rings is 3. The molecule has 0 bridgehead atoms. The molecule has 8 nitrogen and oxygen atoms in total. The Bertz CT molecular complexity index is 1560. The van der Waals surface area contributed by atoms with Crippen LogP contribution in [0.5, 0.6) is 5.75 Å². The molecule has 0 saturated heterocycles. The number of phenolic OH excluding ortho intramolecular Hbond substituents is 1. The summed E-state index contributed by atoms with van der Waals surface area (Å²) in [5.41, 5.74) is 0.492. The van der Waals surface area contributed by atoms with Gasteiger partial charge in [-0.1, -0.05) is 24.3 Å². The minimum atomic E-state index is -1.11. The lowest BCUT2D eigenvalue weighted by Gasteiger charge is -2.12. The van der Waals surface area contributed by atoms with Crippen LogP contribution in [0.4, 0.5) is 10.1 Å². The van der Waals surface area contributed by atoms with Gasteiger partial charge in [0.1, 0.15) is 6.07 Å². The second kappa shape index (κ2) is 8.61. The van der Waals surface area contributed by atoms with Gasteiger partial charge in [-0.25, -0.2) is 9.37 Å². The van der Waals surface area contributed by atoms with Crippen LogP contribution < -0.4 is 10.9 Å². The molecule has 33 heavy (non-hydrogen) atoms. The molecule has 1 heterocycles. The lowest BCUT2D eigenvalue weighted by Crippen LogP contribution is -2.23. The molecule has 0 atom stereocenters. The minimum absolute atomic E-state index is 0.0997. The zero-order chi connectivity index (χ0) is 23.5. The molecule has 2 N–H and O–H groups in total. The van der Waals surface area contributed by atoms with Crippen molar-refractivity contribution in [2.45, 2.75) is 6.54 Å². The van der Waals surface area contributed by atoms with Crippen LogP contribution in [0.25, 0.3) is 10.9 Å². The Morgan fingerprint density at radius 3 is 2.61 bits per heavy atom. The first kappa shape index (κ1) is 21.2. The smallest absolute Gasteiger partial charge is 0.263 e. The molecule has 1 amide bonds. The molecular formula is C24H14FN5O3. The van der Waals surface area contributed by atoms with Crippen molar-refractivity contribution in [3.05, 3.63) is 99.3 Å². The van der Waals surface area contributed by atoms with E-state index >= 15 is 0 Å². The zero-order valence-corrected chi connectivity index (χ0v) is 16.9. The molecule has 0 radical (unpaired) electrons. The number of phenols is 1. The summed E-state index contributed by atoms with van der Waals surface area (Å²) in [5, 5.41) is 30.6. The summed E-state index contributed by atoms with van der Waals surface area (Å²) >= 11 is 0. The highest BCUT2D eigenvalue weighted by molar-refractivity contribution is 6.08. The number of aromatic hydroxyl groups is 1. The van der Waals surface area contributed by atoms with Gasteiger partial charge in [-0.05, 0) is 35.9 Å².